The average molecular weight is 348 g/mol. The molecule has 0 aliphatic carbocycles. The van der Waals surface area contributed by atoms with Gasteiger partial charge in [-0.05, 0) is 24.3 Å². The first-order valence-electron chi connectivity index (χ1n) is 7.91. The van der Waals surface area contributed by atoms with Gasteiger partial charge < -0.3 is 0 Å². The predicted octanol–water partition coefficient (Wildman–Crippen LogP) is 2.60. The number of halogens is 1. The number of aromatic nitrogens is 4. The average Bonchev–Trinajstić information content (AvgIpc) is 3.09. The van der Waals surface area contributed by atoms with E-state index < -0.39 is 5.82 Å². The number of fused-ring (bicyclic) bond motifs is 1. The van der Waals surface area contributed by atoms with Crippen LogP contribution in [0.4, 0.5) is 4.39 Å². The Bertz CT molecular complexity index is 1170. The van der Waals surface area contributed by atoms with Crippen molar-refractivity contribution < 1.29 is 9.18 Å². The summed E-state index contributed by atoms with van der Waals surface area (Å²) in [6.45, 7) is -0.220. The van der Waals surface area contributed by atoms with Gasteiger partial charge in [-0.3, -0.25) is 14.2 Å². The molecule has 26 heavy (non-hydrogen) atoms. The van der Waals surface area contributed by atoms with Gasteiger partial charge in [-0.15, -0.1) is 0 Å². The lowest BCUT2D eigenvalue weighted by Crippen LogP contribution is -2.24. The van der Waals surface area contributed by atoms with Gasteiger partial charge in [-0.1, -0.05) is 30.3 Å². The predicted molar refractivity (Wildman–Crippen MR) is 93.9 cm³/mol. The molecule has 4 rings (SSSR count). The van der Waals surface area contributed by atoms with Crippen LogP contribution in [-0.2, 0) is 6.54 Å². The standard InChI is InChI=1S/C19H13FN4O2/c20-14-6-4-5-13(9-14)17(25)11-23-12-21-18-16(19(23)26)10-22-24(18)15-7-2-1-3-8-15/h1-10,12H,11H2. The van der Waals surface area contributed by atoms with E-state index in [4.69, 9.17) is 0 Å². The largest absolute Gasteiger partial charge is 0.292 e. The van der Waals surface area contributed by atoms with E-state index in [-0.39, 0.29) is 23.5 Å². The van der Waals surface area contributed by atoms with E-state index in [2.05, 4.69) is 10.1 Å². The van der Waals surface area contributed by atoms with Crippen molar-refractivity contribution in [1.29, 1.82) is 0 Å². The molecule has 2 aromatic carbocycles. The molecule has 0 N–H and O–H groups in total. The Labute approximate surface area is 147 Å². The SMILES string of the molecule is O=C(Cn1cnc2c(cnn2-c2ccccc2)c1=O)c1cccc(F)c1. The molecule has 7 heteroatoms. The number of carbonyl (C=O) groups excluding carboxylic acids is 1. The van der Waals surface area contributed by atoms with Gasteiger partial charge in [0.15, 0.2) is 11.4 Å². The third-order valence-electron chi connectivity index (χ3n) is 4.02. The van der Waals surface area contributed by atoms with E-state index in [0.29, 0.717) is 11.0 Å². The third-order valence-corrected chi connectivity index (χ3v) is 4.02. The van der Waals surface area contributed by atoms with Crippen LogP contribution in [0.3, 0.4) is 0 Å². The van der Waals surface area contributed by atoms with Crippen LogP contribution in [0.5, 0.6) is 0 Å². The van der Waals surface area contributed by atoms with Crippen LogP contribution in [0.15, 0.2) is 71.9 Å². The summed E-state index contributed by atoms with van der Waals surface area (Å²) < 4.78 is 16.0. The maximum absolute atomic E-state index is 13.3. The fourth-order valence-electron chi connectivity index (χ4n) is 2.73. The number of Topliss-reactive ketones (excluding diaryl/α,β-unsaturated/α-hetero) is 1. The number of rotatable bonds is 4. The summed E-state index contributed by atoms with van der Waals surface area (Å²) in [6, 6.07) is 14.7. The van der Waals surface area contributed by atoms with Crippen molar-refractivity contribution in [2.45, 2.75) is 6.54 Å². The van der Waals surface area contributed by atoms with Crippen molar-refractivity contribution in [1.82, 2.24) is 19.3 Å². The molecule has 0 radical (unpaired) electrons. The van der Waals surface area contributed by atoms with Gasteiger partial charge in [0.2, 0.25) is 0 Å². The number of hydrogen-bond acceptors (Lipinski definition) is 4. The number of ketones is 1. The minimum atomic E-state index is -0.499. The van der Waals surface area contributed by atoms with Crippen molar-refractivity contribution in [3.8, 4) is 5.69 Å². The number of para-hydroxylation sites is 1. The summed E-state index contributed by atoms with van der Waals surface area (Å²) in [5, 5.41) is 4.53. The van der Waals surface area contributed by atoms with E-state index in [1.807, 2.05) is 30.3 Å². The Morgan fingerprint density at radius 1 is 1.08 bits per heavy atom. The van der Waals surface area contributed by atoms with Gasteiger partial charge in [-0.25, -0.2) is 14.1 Å². The van der Waals surface area contributed by atoms with E-state index in [1.54, 1.807) is 4.68 Å². The third kappa shape index (κ3) is 2.79. The van der Waals surface area contributed by atoms with Gasteiger partial charge in [0.1, 0.15) is 17.5 Å². The van der Waals surface area contributed by atoms with E-state index >= 15 is 0 Å². The number of hydrogen-bond donors (Lipinski definition) is 0. The molecule has 2 heterocycles. The second-order valence-corrected chi connectivity index (χ2v) is 5.74. The maximum Gasteiger partial charge on any atom is 0.264 e. The van der Waals surface area contributed by atoms with Crippen LogP contribution in [0.1, 0.15) is 10.4 Å². The first-order valence-corrected chi connectivity index (χ1v) is 7.91. The molecule has 0 saturated carbocycles. The van der Waals surface area contributed by atoms with Crippen LogP contribution < -0.4 is 5.56 Å². The Hall–Kier alpha value is -3.61. The van der Waals surface area contributed by atoms with Gasteiger partial charge in [0, 0.05) is 5.56 Å². The van der Waals surface area contributed by atoms with Crippen LogP contribution in [0.25, 0.3) is 16.7 Å². The van der Waals surface area contributed by atoms with E-state index in [1.165, 1.54) is 35.3 Å². The van der Waals surface area contributed by atoms with Gasteiger partial charge >= 0.3 is 0 Å². The molecule has 0 fully saturated rings. The molecule has 0 unspecified atom stereocenters. The summed E-state index contributed by atoms with van der Waals surface area (Å²) in [5.41, 5.74) is 1.03. The second kappa shape index (κ2) is 6.36. The van der Waals surface area contributed by atoms with Crippen LogP contribution >= 0.6 is 0 Å². The maximum atomic E-state index is 13.3. The fourth-order valence-corrected chi connectivity index (χ4v) is 2.73. The van der Waals surface area contributed by atoms with Gasteiger partial charge in [0.05, 0.1) is 18.4 Å². The molecule has 2 aromatic heterocycles. The van der Waals surface area contributed by atoms with Crippen molar-refractivity contribution in [2.24, 2.45) is 0 Å². The Morgan fingerprint density at radius 3 is 2.65 bits per heavy atom. The van der Waals surface area contributed by atoms with E-state index in [9.17, 15) is 14.0 Å². The van der Waals surface area contributed by atoms with Crippen molar-refractivity contribution in [2.75, 3.05) is 0 Å². The first kappa shape index (κ1) is 15.9. The lowest BCUT2D eigenvalue weighted by molar-refractivity contribution is 0.0970. The zero-order valence-corrected chi connectivity index (χ0v) is 13.5. The molecule has 4 aromatic rings. The van der Waals surface area contributed by atoms with Gasteiger partial charge in [-0.2, -0.15) is 5.10 Å². The molecule has 0 spiro atoms. The Kier molecular flexibility index (Phi) is 3.89. The minimum absolute atomic E-state index is 0.206. The molecule has 6 nitrogen and oxygen atoms in total. The number of carbonyl (C=O) groups is 1. The van der Waals surface area contributed by atoms with Crippen molar-refractivity contribution in [3.05, 3.63) is 88.9 Å². The molecule has 128 valence electrons. The lowest BCUT2D eigenvalue weighted by atomic mass is 10.1. The van der Waals surface area contributed by atoms with Gasteiger partial charge in [0.25, 0.3) is 5.56 Å². The Balaban J connectivity index is 1.71. The van der Waals surface area contributed by atoms with E-state index in [0.717, 1.165) is 11.8 Å². The summed E-state index contributed by atoms with van der Waals surface area (Å²) in [7, 11) is 0. The summed E-state index contributed by atoms with van der Waals surface area (Å²) in [5.74, 6) is -0.871. The van der Waals surface area contributed by atoms with Crippen LogP contribution in [0.2, 0.25) is 0 Å². The second-order valence-electron chi connectivity index (χ2n) is 5.74. The molecule has 0 bridgehead atoms. The molecule has 0 aliphatic heterocycles. The highest BCUT2D eigenvalue weighted by Gasteiger charge is 2.14. The zero-order valence-electron chi connectivity index (χ0n) is 13.5. The zero-order chi connectivity index (χ0) is 18.1. The molecule has 0 aliphatic rings. The monoisotopic (exact) mass is 348 g/mol. The summed E-state index contributed by atoms with van der Waals surface area (Å²) in [4.78, 5) is 29.2. The van der Waals surface area contributed by atoms with Crippen molar-refractivity contribution >= 4 is 16.8 Å². The number of benzene rings is 2. The van der Waals surface area contributed by atoms with Crippen LogP contribution in [0, 0.1) is 5.82 Å². The molecular formula is C19H13FN4O2. The first-order chi connectivity index (χ1) is 12.6. The fraction of sp³-hybridized carbons (Fsp3) is 0.0526. The smallest absolute Gasteiger partial charge is 0.264 e. The highest BCUT2D eigenvalue weighted by atomic mass is 19.1. The Morgan fingerprint density at radius 2 is 1.88 bits per heavy atom. The topological polar surface area (TPSA) is 69.8 Å². The highest BCUT2D eigenvalue weighted by Crippen LogP contribution is 2.13. The summed E-state index contributed by atoms with van der Waals surface area (Å²) in [6.07, 6.45) is 2.74. The van der Waals surface area contributed by atoms with Crippen LogP contribution in [-0.4, -0.2) is 25.1 Å². The summed E-state index contributed by atoms with van der Waals surface area (Å²) >= 11 is 0. The molecular weight excluding hydrogens is 335 g/mol. The quantitative estimate of drug-likeness (QED) is 0.532. The normalized spacial score (nSPS) is 11.0. The minimum Gasteiger partial charge on any atom is -0.292 e. The molecule has 0 atom stereocenters. The molecule has 0 amide bonds. The van der Waals surface area contributed by atoms with Crippen molar-refractivity contribution in [3.63, 3.8) is 0 Å². The lowest BCUT2D eigenvalue weighted by Gasteiger charge is -2.06. The molecule has 0 saturated heterocycles. The highest BCUT2D eigenvalue weighted by molar-refractivity contribution is 5.96. The number of nitrogens with zero attached hydrogens (tertiary/aromatic N) is 4.